The van der Waals surface area contributed by atoms with Crippen molar-refractivity contribution in [3.8, 4) is 0 Å². The zero-order chi connectivity index (χ0) is 13.8. The van der Waals surface area contributed by atoms with Crippen LogP contribution in [0.25, 0.3) is 0 Å². The van der Waals surface area contributed by atoms with Gasteiger partial charge in [0.2, 0.25) is 0 Å². The Balaban J connectivity index is 2.32. The third kappa shape index (κ3) is 3.40. The maximum absolute atomic E-state index is 11.4. The first-order valence-corrected chi connectivity index (χ1v) is 6.33. The van der Waals surface area contributed by atoms with Crippen LogP contribution in [0.2, 0.25) is 10.0 Å². The van der Waals surface area contributed by atoms with Gasteiger partial charge in [-0.3, -0.25) is 0 Å². The highest BCUT2D eigenvalue weighted by Crippen LogP contribution is 2.27. The first-order valence-electron chi connectivity index (χ1n) is 5.57. The van der Waals surface area contributed by atoms with E-state index in [1.165, 1.54) is 0 Å². The fourth-order valence-electron chi connectivity index (χ4n) is 1.71. The van der Waals surface area contributed by atoms with Gasteiger partial charge in [-0.15, -0.1) is 0 Å². The molecule has 5 heteroatoms. The molecule has 0 aliphatic rings. The van der Waals surface area contributed by atoms with Crippen molar-refractivity contribution in [2.24, 2.45) is 0 Å². The van der Waals surface area contributed by atoms with Gasteiger partial charge < -0.3 is 10.4 Å². The van der Waals surface area contributed by atoms with Gasteiger partial charge in [0, 0.05) is 5.02 Å². The van der Waals surface area contributed by atoms with Crippen LogP contribution in [0.15, 0.2) is 48.5 Å². The molecular formula is C14H11Cl2NO2. The standard InChI is InChI=1S/C14H11Cl2NO2/c15-10-5-3-4-9(8-10)13(14(18)19)17-12-7-2-1-6-11(12)16/h1-8,13,17H,(H,18,19). The average Bonchev–Trinajstić information content (AvgIpc) is 2.37. The smallest absolute Gasteiger partial charge is 0.330 e. The monoisotopic (exact) mass is 295 g/mol. The lowest BCUT2D eigenvalue weighted by atomic mass is 10.1. The number of rotatable bonds is 4. The van der Waals surface area contributed by atoms with Crippen LogP contribution in [0.4, 0.5) is 5.69 Å². The molecule has 98 valence electrons. The Morgan fingerprint density at radius 2 is 1.84 bits per heavy atom. The number of anilines is 1. The number of carbonyl (C=O) groups is 1. The third-order valence-corrected chi connectivity index (χ3v) is 3.17. The van der Waals surface area contributed by atoms with E-state index in [4.69, 9.17) is 23.2 Å². The largest absolute Gasteiger partial charge is 0.479 e. The van der Waals surface area contributed by atoms with Crippen molar-refractivity contribution in [3.63, 3.8) is 0 Å². The van der Waals surface area contributed by atoms with Crippen molar-refractivity contribution in [2.45, 2.75) is 6.04 Å². The summed E-state index contributed by atoms with van der Waals surface area (Å²) in [4.78, 5) is 11.4. The fraction of sp³-hybridized carbons (Fsp3) is 0.0714. The highest BCUT2D eigenvalue weighted by Gasteiger charge is 2.20. The maximum Gasteiger partial charge on any atom is 0.330 e. The summed E-state index contributed by atoms with van der Waals surface area (Å²) in [5.74, 6) is -0.998. The molecule has 2 N–H and O–H groups in total. The summed E-state index contributed by atoms with van der Waals surface area (Å²) in [7, 11) is 0. The second kappa shape index (κ2) is 5.95. The van der Waals surface area contributed by atoms with E-state index in [2.05, 4.69) is 5.32 Å². The topological polar surface area (TPSA) is 49.3 Å². The van der Waals surface area contributed by atoms with Crippen LogP contribution in [0.1, 0.15) is 11.6 Å². The highest BCUT2D eigenvalue weighted by atomic mass is 35.5. The Hall–Kier alpha value is -1.71. The molecule has 0 aromatic heterocycles. The highest BCUT2D eigenvalue weighted by molar-refractivity contribution is 6.33. The minimum absolute atomic E-state index is 0.468. The molecule has 19 heavy (non-hydrogen) atoms. The number of nitrogens with one attached hydrogen (secondary N) is 1. The van der Waals surface area contributed by atoms with E-state index in [-0.39, 0.29) is 0 Å². The fourth-order valence-corrected chi connectivity index (χ4v) is 2.10. The molecule has 3 nitrogen and oxygen atoms in total. The lowest BCUT2D eigenvalue weighted by molar-refractivity contribution is -0.138. The molecule has 0 aliphatic carbocycles. The molecule has 0 amide bonds. The summed E-state index contributed by atoms with van der Waals surface area (Å²) < 4.78 is 0. The van der Waals surface area contributed by atoms with E-state index in [1.54, 1.807) is 48.5 Å². The molecule has 0 heterocycles. The van der Waals surface area contributed by atoms with Gasteiger partial charge in [-0.05, 0) is 29.8 Å². The molecule has 0 saturated carbocycles. The molecule has 0 radical (unpaired) electrons. The van der Waals surface area contributed by atoms with Gasteiger partial charge >= 0.3 is 5.97 Å². The predicted octanol–water partition coefficient (Wildman–Crippen LogP) is 4.23. The van der Waals surface area contributed by atoms with Crippen molar-refractivity contribution in [1.82, 2.24) is 0 Å². The Labute approximate surface area is 120 Å². The van der Waals surface area contributed by atoms with E-state index in [9.17, 15) is 9.90 Å². The Morgan fingerprint density at radius 1 is 1.11 bits per heavy atom. The SMILES string of the molecule is O=C(O)C(Nc1ccccc1Cl)c1cccc(Cl)c1. The van der Waals surface area contributed by atoms with E-state index in [0.29, 0.717) is 21.3 Å². The lowest BCUT2D eigenvalue weighted by Crippen LogP contribution is -2.20. The minimum atomic E-state index is -0.998. The minimum Gasteiger partial charge on any atom is -0.479 e. The molecule has 2 aromatic carbocycles. The van der Waals surface area contributed by atoms with Crippen molar-refractivity contribution >= 4 is 34.9 Å². The normalized spacial score (nSPS) is 11.9. The van der Waals surface area contributed by atoms with Crippen LogP contribution in [0.5, 0.6) is 0 Å². The van der Waals surface area contributed by atoms with Crippen molar-refractivity contribution in [3.05, 3.63) is 64.1 Å². The molecule has 0 spiro atoms. The summed E-state index contributed by atoms with van der Waals surface area (Å²) in [6, 6.07) is 12.8. The summed E-state index contributed by atoms with van der Waals surface area (Å²) in [5.41, 5.74) is 1.14. The van der Waals surface area contributed by atoms with Crippen LogP contribution >= 0.6 is 23.2 Å². The van der Waals surface area contributed by atoms with E-state index in [1.807, 2.05) is 0 Å². The maximum atomic E-state index is 11.4. The molecule has 0 saturated heterocycles. The zero-order valence-corrected chi connectivity index (χ0v) is 11.3. The molecule has 0 aliphatic heterocycles. The van der Waals surface area contributed by atoms with Crippen molar-refractivity contribution in [1.29, 1.82) is 0 Å². The van der Waals surface area contributed by atoms with Crippen molar-refractivity contribution in [2.75, 3.05) is 5.32 Å². The summed E-state index contributed by atoms with van der Waals surface area (Å²) in [6.07, 6.45) is 0. The van der Waals surface area contributed by atoms with Crippen LogP contribution in [0.3, 0.4) is 0 Å². The number of carboxylic acid groups (broad SMARTS) is 1. The number of para-hydroxylation sites is 1. The first-order chi connectivity index (χ1) is 9.08. The summed E-state index contributed by atoms with van der Waals surface area (Å²) in [6.45, 7) is 0. The number of carboxylic acids is 1. The van der Waals surface area contributed by atoms with Gasteiger partial charge in [0.15, 0.2) is 6.04 Å². The van der Waals surface area contributed by atoms with Crippen LogP contribution < -0.4 is 5.32 Å². The number of halogens is 2. The first kappa shape index (κ1) is 13.7. The zero-order valence-electron chi connectivity index (χ0n) is 9.81. The number of aliphatic carboxylic acids is 1. The Morgan fingerprint density at radius 3 is 2.47 bits per heavy atom. The van der Waals surface area contributed by atoms with Gasteiger partial charge in [0.1, 0.15) is 0 Å². The lowest BCUT2D eigenvalue weighted by Gasteiger charge is -2.17. The molecule has 2 rings (SSSR count). The second-order valence-corrected chi connectivity index (χ2v) is 4.79. The van der Waals surface area contributed by atoms with Crippen LogP contribution in [0, 0.1) is 0 Å². The number of benzene rings is 2. The molecular weight excluding hydrogens is 285 g/mol. The summed E-state index contributed by atoms with van der Waals surface area (Å²) >= 11 is 11.9. The Kier molecular flexibility index (Phi) is 4.30. The van der Waals surface area contributed by atoms with Gasteiger partial charge in [0.05, 0.1) is 10.7 Å². The van der Waals surface area contributed by atoms with Gasteiger partial charge in [0.25, 0.3) is 0 Å². The van der Waals surface area contributed by atoms with Gasteiger partial charge in [-0.2, -0.15) is 0 Å². The molecule has 0 bridgehead atoms. The van der Waals surface area contributed by atoms with Crippen LogP contribution in [-0.2, 0) is 4.79 Å². The van der Waals surface area contributed by atoms with E-state index in [0.717, 1.165) is 0 Å². The molecule has 2 aromatic rings. The predicted molar refractivity (Wildman–Crippen MR) is 76.9 cm³/mol. The van der Waals surface area contributed by atoms with Gasteiger partial charge in [-0.1, -0.05) is 47.5 Å². The molecule has 0 fully saturated rings. The number of hydrogen-bond donors (Lipinski definition) is 2. The third-order valence-electron chi connectivity index (χ3n) is 2.60. The second-order valence-electron chi connectivity index (χ2n) is 3.95. The average molecular weight is 296 g/mol. The van der Waals surface area contributed by atoms with Crippen molar-refractivity contribution < 1.29 is 9.90 Å². The van der Waals surface area contributed by atoms with E-state index < -0.39 is 12.0 Å². The van der Waals surface area contributed by atoms with Gasteiger partial charge in [-0.25, -0.2) is 4.79 Å². The van der Waals surface area contributed by atoms with E-state index >= 15 is 0 Å². The number of hydrogen-bond acceptors (Lipinski definition) is 2. The van der Waals surface area contributed by atoms with Crippen LogP contribution in [-0.4, -0.2) is 11.1 Å². The summed E-state index contributed by atoms with van der Waals surface area (Å²) in [5, 5.41) is 13.2. The Bertz CT molecular complexity index is 602. The molecule has 1 atom stereocenters. The quantitative estimate of drug-likeness (QED) is 0.887. The molecule has 1 unspecified atom stereocenters.